The van der Waals surface area contributed by atoms with Crippen LogP contribution in [0.1, 0.15) is 73.7 Å². The molecule has 1 aliphatic carbocycles. The first-order valence-electron chi connectivity index (χ1n) is 18.7. The van der Waals surface area contributed by atoms with E-state index < -0.39 is 91.7 Å². The Morgan fingerprint density at radius 3 is 2.46 bits per heavy atom. The van der Waals surface area contributed by atoms with Gasteiger partial charge < -0.3 is 59.9 Å². The van der Waals surface area contributed by atoms with E-state index in [1.165, 1.54) is 24.3 Å². The number of fused-ring (bicyclic) bond motifs is 3. The number of para-hydroxylation sites is 1. The number of aliphatic hydroxyl groups excluding tert-OH is 7. The number of guanidine groups is 1. The molecular weight excluding hydrogens is 774 g/mol. The maximum atomic E-state index is 14.6. The predicted octanol–water partition coefficient (Wildman–Crippen LogP) is -2.60. The van der Waals surface area contributed by atoms with Crippen molar-refractivity contribution in [1.82, 2.24) is 0 Å². The molecule has 8 unspecified atom stereocenters. The Morgan fingerprint density at radius 2 is 1.73 bits per heavy atom. The molecule has 3 aliphatic heterocycles. The smallest absolute Gasteiger partial charge is 0.262 e. The van der Waals surface area contributed by atoms with E-state index in [1.54, 1.807) is 24.3 Å². The van der Waals surface area contributed by atoms with Crippen molar-refractivity contribution in [2.45, 2.75) is 68.6 Å². The van der Waals surface area contributed by atoms with Crippen molar-refractivity contribution in [3.8, 4) is 11.5 Å². The average Bonchev–Trinajstić information content (AvgIpc) is 3.66. The normalized spacial score (nSPS) is 24.6. The maximum Gasteiger partial charge on any atom is 0.262 e. The maximum absolute atomic E-state index is 14.6. The van der Waals surface area contributed by atoms with Gasteiger partial charge in [0, 0.05) is 52.7 Å². The van der Waals surface area contributed by atoms with E-state index in [2.05, 4.69) is 15.0 Å². The van der Waals surface area contributed by atoms with E-state index in [-0.39, 0.29) is 77.7 Å². The summed E-state index contributed by atoms with van der Waals surface area (Å²) in [6, 6.07) is 12.5. The Morgan fingerprint density at radius 1 is 0.949 bits per heavy atom. The van der Waals surface area contributed by atoms with Crippen LogP contribution in [-0.2, 0) is 16.1 Å². The number of nitrogens with zero attached hydrogens (tertiary/aromatic N) is 3. The SMILES string of the molecule is N=C1N=C([O-])C2=NC[NH+](c3ccccc3C(CCCO)c3cc4c(c(OCC(O)CC=O)c3OC3OC(CO)C(O)C(O)C3O)C(=O)c3cc(CO)ccc3C4=O)C2=N1. The summed E-state index contributed by atoms with van der Waals surface area (Å²) in [5.74, 6) is -4.18. The summed E-state index contributed by atoms with van der Waals surface area (Å²) < 4.78 is 18.3. The molecule has 9 N–H and O–H groups in total. The monoisotopic (exact) mass is 815 g/mol. The average molecular weight is 816 g/mol. The number of rotatable bonds is 15. The summed E-state index contributed by atoms with van der Waals surface area (Å²) in [5.41, 5.74) is 0.812. The van der Waals surface area contributed by atoms with Crippen LogP contribution >= 0.6 is 0 Å². The van der Waals surface area contributed by atoms with Crippen LogP contribution in [0.5, 0.6) is 11.5 Å². The van der Waals surface area contributed by atoms with Crippen LogP contribution in [0.15, 0.2) is 63.5 Å². The molecule has 7 rings (SSSR count). The molecule has 3 aromatic carbocycles. The predicted molar refractivity (Wildman–Crippen MR) is 202 cm³/mol. The standard InChI is InChI=1S/C40H41N5O14/c41-40-43-37-29(38(56)44-40)42-17-45(37)26-6-2-1-4-21(26)20(5-3-10-46)24-13-25-28(31(52)23-12-18(14-48)7-8-22(23)30(25)51)36(57-16-19(50)9-11-47)35(24)59-39-34(55)33(54)32(53)27(15-49)58-39/h1-2,4,6-8,11-13,19-20,27,32-34,39,46,48-50,53-55H,3,5,9-10,14-17H2,(H2,41,44,56). The Balaban J connectivity index is 1.49. The van der Waals surface area contributed by atoms with Crippen molar-refractivity contribution in [1.29, 1.82) is 5.41 Å². The number of ketones is 2. The lowest BCUT2D eigenvalue weighted by Gasteiger charge is -2.40. The summed E-state index contributed by atoms with van der Waals surface area (Å²) in [6.45, 7) is -2.22. The van der Waals surface area contributed by atoms with Crippen LogP contribution in [0.2, 0.25) is 0 Å². The van der Waals surface area contributed by atoms with Gasteiger partial charge in [-0.05, 0) is 42.7 Å². The largest absolute Gasteiger partial charge is 0.857 e. The zero-order chi connectivity index (χ0) is 42.1. The van der Waals surface area contributed by atoms with Gasteiger partial charge in [0.1, 0.15) is 43.0 Å². The molecule has 3 aromatic rings. The number of amidine groups is 1. The molecule has 3 heterocycles. The Labute approximate surface area is 335 Å². The van der Waals surface area contributed by atoms with Gasteiger partial charge in [-0.1, -0.05) is 24.3 Å². The molecule has 19 heteroatoms. The molecule has 310 valence electrons. The lowest BCUT2D eigenvalue weighted by molar-refractivity contribution is -0.723. The second-order valence-corrected chi connectivity index (χ2v) is 14.3. The summed E-state index contributed by atoms with van der Waals surface area (Å²) in [4.78, 5) is 53.0. The third-order valence-electron chi connectivity index (χ3n) is 10.6. The van der Waals surface area contributed by atoms with Gasteiger partial charge >= 0.3 is 0 Å². The van der Waals surface area contributed by atoms with Gasteiger partial charge in [-0.25, -0.2) is 14.9 Å². The Hall–Kier alpha value is -5.61. The lowest BCUT2D eigenvalue weighted by Crippen LogP contribution is -3.09. The van der Waals surface area contributed by atoms with Crippen LogP contribution in [0.4, 0.5) is 5.69 Å². The quantitative estimate of drug-likeness (QED) is 0.0557. The van der Waals surface area contributed by atoms with Gasteiger partial charge in [0.2, 0.25) is 12.2 Å². The van der Waals surface area contributed by atoms with Gasteiger partial charge in [-0.15, -0.1) is 0 Å². The molecule has 19 nitrogen and oxygen atoms in total. The van der Waals surface area contributed by atoms with Crippen molar-refractivity contribution in [3.05, 3.63) is 87.5 Å². The number of nitrogens with one attached hydrogen (secondary N) is 2. The highest BCUT2D eigenvalue weighted by atomic mass is 16.7. The van der Waals surface area contributed by atoms with Gasteiger partial charge in [0.25, 0.3) is 5.84 Å². The van der Waals surface area contributed by atoms with Crippen molar-refractivity contribution < 1.29 is 74.3 Å². The van der Waals surface area contributed by atoms with Crippen LogP contribution in [0, 0.1) is 5.41 Å². The minimum absolute atomic E-state index is 0.00605. The van der Waals surface area contributed by atoms with Crippen LogP contribution in [0.3, 0.4) is 0 Å². The van der Waals surface area contributed by atoms with Crippen molar-refractivity contribution >= 4 is 46.9 Å². The topological polar surface area (TPSA) is 309 Å². The first-order valence-corrected chi connectivity index (χ1v) is 18.7. The van der Waals surface area contributed by atoms with Gasteiger partial charge in [0.15, 0.2) is 35.4 Å². The molecule has 0 saturated carbocycles. The summed E-state index contributed by atoms with van der Waals surface area (Å²) in [7, 11) is 0. The van der Waals surface area contributed by atoms with E-state index in [9.17, 15) is 55.2 Å². The summed E-state index contributed by atoms with van der Waals surface area (Å²) >= 11 is 0. The van der Waals surface area contributed by atoms with Crippen molar-refractivity contribution in [3.63, 3.8) is 0 Å². The molecular formula is C40H41N5O14. The molecule has 59 heavy (non-hydrogen) atoms. The van der Waals surface area contributed by atoms with E-state index >= 15 is 0 Å². The van der Waals surface area contributed by atoms with Gasteiger partial charge in [-0.2, -0.15) is 4.99 Å². The Bertz CT molecular complexity index is 2270. The second kappa shape index (κ2) is 17.3. The minimum Gasteiger partial charge on any atom is -0.857 e. The van der Waals surface area contributed by atoms with Gasteiger partial charge in [-0.3, -0.25) is 15.0 Å². The zero-order valence-electron chi connectivity index (χ0n) is 31.2. The van der Waals surface area contributed by atoms with Crippen LogP contribution in [-0.4, -0.2) is 140 Å². The number of benzene rings is 3. The summed E-state index contributed by atoms with van der Waals surface area (Å²) in [6.07, 6.45) is -10.0. The van der Waals surface area contributed by atoms with Crippen molar-refractivity contribution in [2.24, 2.45) is 15.0 Å². The number of aldehydes is 1. The highest BCUT2D eigenvalue weighted by molar-refractivity contribution is 6.66. The number of aliphatic hydroxyl groups is 7. The fraction of sp³-hybridized carbons (Fsp3) is 0.375. The van der Waals surface area contributed by atoms with E-state index in [1.807, 2.05) is 0 Å². The third-order valence-corrected chi connectivity index (χ3v) is 10.6. The molecule has 1 saturated heterocycles. The molecule has 0 amide bonds. The lowest BCUT2D eigenvalue weighted by atomic mass is 9.78. The number of carbonyl (C=O) groups excluding carboxylic acids is 3. The molecule has 1 fully saturated rings. The highest BCUT2D eigenvalue weighted by Crippen LogP contribution is 2.49. The fourth-order valence-electron chi connectivity index (χ4n) is 7.66. The third kappa shape index (κ3) is 7.71. The fourth-order valence-corrected chi connectivity index (χ4v) is 7.66. The van der Waals surface area contributed by atoms with E-state index in [0.717, 1.165) is 0 Å². The number of carbonyl (C=O) groups is 3. The van der Waals surface area contributed by atoms with E-state index in [0.29, 0.717) is 28.0 Å². The van der Waals surface area contributed by atoms with Gasteiger partial charge in [0.05, 0.1) is 24.9 Å². The Kier molecular flexibility index (Phi) is 12.2. The first kappa shape index (κ1) is 41.5. The number of hydrogen-bond acceptors (Lipinski definition) is 16. The molecule has 0 bridgehead atoms. The molecule has 4 aliphatic rings. The van der Waals surface area contributed by atoms with Crippen LogP contribution in [0.25, 0.3) is 0 Å². The molecule has 0 aromatic heterocycles. The zero-order valence-corrected chi connectivity index (χ0v) is 31.2. The highest BCUT2D eigenvalue weighted by Gasteiger charge is 2.47. The number of quaternary nitrogens is 1. The molecule has 0 spiro atoms. The molecule has 8 atom stereocenters. The second-order valence-electron chi connectivity index (χ2n) is 14.3. The van der Waals surface area contributed by atoms with E-state index in [4.69, 9.17) is 19.6 Å². The molecule has 0 radical (unpaired) electrons. The first-order chi connectivity index (χ1) is 28.4. The summed E-state index contributed by atoms with van der Waals surface area (Å²) in [5, 5.41) is 94.0. The van der Waals surface area contributed by atoms with Crippen LogP contribution < -0.4 is 19.5 Å². The number of ether oxygens (including phenoxy) is 3. The number of aliphatic imine (C=N–C) groups is 3. The van der Waals surface area contributed by atoms with Crippen molar-refractivity contribution in [2.75, 3.05) is 26.5 Å². The minimum atomic E-state index is -1.97. The number of hydrogen-bond donors (Lipinski definition) is 9.